The van der Waals surface area contributed by atoms with Gasteiger partial charge in [-0.3, -0.25) is 9.59 Å². The number of nitrogens with two attached hydrogens (primary N) is 1. The van der Waals surface area contributed by atoms with Gasteiger partial charge in [0.2, 0.25) is 5.91 Å². The number of carbonyl (C=O) groups is 1. The van der Waals surface area contributed by atoms with E-state index in [4.69, 9.17) is 5.73 Å². The number of anilines is 1. The number of carbonyl (C=O) groups excluding carboxylic acids is 1. The van der Waals surface area contributed by atoms with Crippen molar-refractivity contribution in [2.24, 2.45) is 11.1 Å². The van der Waals surface area contributed by atoms with E-state index in [1.807, 2.05) is 4.98 Å². The van der Waals surface area contributed by atoms with Crippen LogP contribution >= 0.6 is 0 Å². The number of aromatic amines is 1. The van der Waals surface area contributed by atoms with Crippen molar-refractivity contribution in [2.45, 2.75) is 32.9 Å². The molecule has 1 aromatic rings. The highest BCUT2D eigenvalue weighted by Crippen LogP contribution is 2.30. The lowest BCUT2D eigenvalue weighted by atomic mass is 9.81. The molecule has 0 spiro atoms. The molecule has 5 nitrogen and oxygen atoms in total. The molecule has 0 fully saturated rings. The molecule has 0 aliphatic rings. The molecule has 118 valence electrons. The number of H-pyrrole nitrogens is 1. The quantitative estimate of drug-likeness (QED) is 0.778. The van der Waals surface area contributed by atoms with E-state index >= 15 is 0 Å². The van der Waals surface area contributed by atoms with Crippen LogP contribution in [0.15, 0.2) is 17.1 Å². The molecular weight excluding hydrogens is 287 g/mol. The average molecular weight is 305 g/mol. The zero-order valence-electron chi connectivity index (χ0n) is 11.8. The van der Waals surface area contributed by atoms with E-state index in [0.29, 0.717) is 25.1 Å². The smallest absolute Gasteiger partial charge is 0.329 e. The Bertz CT molecular complexity index is 554. The standard InChI is InChI=1S/C13H18F3N3O2/c1-3-12(4-2,7-17)11(21)19-9-5-8(13(14,15)16)6-18-10(9)20/h5-6H,3-4,7,17H2,1-2H3,(H,18,20)(H,19,21). The molecule has 0 unspecified atom stereocenters. The molecule has 1 amide bonds. The largest absolute Gasteiger partial charge is 0.417 e. The van der Waals surface area contributed by atoms with Gasteiger partial charge in [0.15, 0.2) is 0 Å². The summed E-state index contributed by atoms with van der Waals surface area (Å²) in [6.07, 6.45) is -3.21. The fourth-order valence-corrected chi connectivity index (χ4v) is 1.95. The third-order valence-corrected chi connectivity index (χ3v) is 3.70. The molecule has 21 heavy (non-hydrogen) atoms. The number of halogens is 3. The Morgan fingerprint density at radius 2 is 1.90 bits per heavy atom. The minimum absolute atomic E-state index is 0.0443. The van der Waals surface area contributed by atoms with Crippen molar-refractivity contribution < 1.29 is 18.0 Å². The van der Waals surface area contributed by atoms with E-state index < -0.39 is 34.3 Å². The highest BCUT2D eigenvalue weighted by Gasteiger charge is 2.35. The van der Waals surface area contributed by atoms with E-state index in [9.17, 15) is 22.8 Å². The lowest BCUT2D eigenvalue weighted by molar-refractivity contribution is -0.137. The van der Waals surface area contributed by atoms with Crippen LogP contribution in [0.1, 0.15) is 32.3 Å². The van der Waals surface area contributed by atoms with Crippen LogP contribution in [0.3, 0.4) is 0 Å². The number of alkyl halides is 3. The minimum atomic E-state index is -4.61. The van der Waals surface area contributed by atoms with Crippen LogP contribution in [0, 0.1) is 5.41 Å². The van der Waals surface area contributed by atoms with Crippen molar-refractivity contribution in [3.63, 3.8) is 0 Å². The molecule has 0 radical (unpaired) electrons. The fraction of sp³-hybridized carbons (Fsp3) is 0.538. The number of hydrogen-bond acceptors (Lipinski definition) is 3. The Morgan fingerprint density at radius 3 is 2.33 bits per heavy atom. The summed E-state index contributed by atoms with van der Waals surface area (Å²) in [5, 5.41) is 2.25. The Kier molecular flexibility index (Phi) is 5.16. The zero-order chi connectivity index (χ0) is 16.3. The van der Waals surface area contributed by atoms with Gasteiger partial charge in [-0.1, -0.05) is 13.8 Å². The average Bonchev–Trinajstić information content (AvgIpc) is 2.42. The third-order valence-electron chi connectivity index (χ3n) is 3.70. The van der Waals surface area contributed by atoms with Crippen LogP contribution in [0.2, 0.25) is 0 Å². The van der Waals surface area contributed by atoms with Gasteiger partial charge >= 0.3 is 6.18 Å². The summed E-state index contributed by atoms with van der Waals surface area (Å²) in [5.41, 5.74) is 2.42. The maximum absolute atomic E-state index is 12.6. The first-order chi connectivity index (χ1) is 9.70. The fourth-order valence-electron chi connectivity index (χ4n) is 1.95. The predicted molar refractivity (Wildman–Crippen MR) is 72.8 cm³/mol. The Morgan fingerprint density at radius 1 is 1.33 bits per heavy atom. The minimum Gasteiger partial charge on any atom is -0.329 e. The van der Waals surface area contributed by atoms with Gasteiger partial charge in [-0.05, 0) is 18.9 Å². The number of hydrogen-bond donors (Lipinski definition) is 3. The van der Waals surface area contributed by atoms with E-state index in [2.05, 4.69) is 5.32 Å². The first-order valence-electron chi connectivity index (χ1n) is 6.51. The number of rotatable bonds is 5. The second-order valence-electron chi connectivity index (χ2n) is 4.77. The molecule has 0 aliphatic carbocycles. The Labute approximate surface area is 119 Å². The molecule has 1 heterocycles. The van der Waals surface area contributed by atoms with E-state index in [1.54, 1.807) is 13.8 Å². The van der Waals surface area contributed by atoms with Crippen molar-refractivity contribution in [2.75, 3.05) is 11.9 Å². The van der Waals surface area contributed by atoms with Crippen LogP contribution in [-0.4, -0.2) is 17.4 Å². The molecule has 0 aromatic carbocycles. The van der Waals surface area contributed by atoms with E-state index in [1.165, 1.54) is 0 Å². The molecule has 0 atom stereocenters. The molecule has 1 rings (SSSR count). The molecular formula is C13H18F3N3O2. The molecule has 0 saturated heterocycles. The maximum atomic E-state index is 12.6. The van der Waals surface area contributed by atoms with Crippen LogP contribution in [0.25, 0.3) is 0 Å². The van der Waals surface area contributed by atoms with Crippen LogP contribution in [0.4, 0.5) is 18.9 Å². The van der Waals surface area contributed by atoms with E-state index in [0.717, 1.165) is 0 Å². The van der Waals surface area contributed by atoms with Gasteiger partial charge in [-0.15, -0.1) is 0 Å². The molecule has 8 heteroatoms. The Balaban J connectivity index is 3.13. The van der Waals surface area contributed by atoms with Gasteiger partial charge in [0.05, 0.1) is 11.0 Å². The summed E-state index contributed by atoms with van der Waals surface area (Å²) >= 11 is 0. The number of nitrogens with one attached hydrogen (secondary N) is 2. The number of aromatic nitrogens is 1. The summed E-state index contributed by atoms with van der Waals surface area (Å²) < 4.78 is 37.8. The Hall–Kier alpha value is -1.83. The lowest BCUT2D eigenvalue weighted by Gasteiger charge is -2.28. The summed E-state index contributed by atoms with van der Waals surface area (Å²) in [7, 11) is 0. The second kappa shape index (κ2) is 6.30. The van der Waals surface area contributed by atoms with Gasteiger partial charge in [0.25, 0.3) is 5.56 Å². The summed E-state index contributed by atoms with van der Waals surface area (Å²) in [6, 6.07) is 0.614. The lowest BCUT2D eigenvalue weighted by Crippen LogP contribution is -2.42. The topological polar surface area (TPSA) is 88.0 Å². The zero-order valence-corrected chi connectivity index (χ0v) is 11.8. The van der Waals surface area contributed by atoms with Gasteiger partial charge in [-0.25, -0.2) is 0 Å². The van der Waals surface area contributed by atoms with Crippen molar-refractivity contribution in [3.8, 4) is 0 Å². The molecule has 4 N–H and O–H groups in total. The predicted octanol–water partition coefficient (Wildman–Crippen LogP) is 2.10. The molecule has 1 aromatic heterocycles. The number of pyridine rings is 1. The van der Waals surface area contributed by atoms with Crippen molar-refractivity contribution >= 4 is 11.6 Å². The maximum Gasteiger partial charge on any atom is 0.417 e. The summed E-state index contributed by atoms with van der Waals surface area (Å²) in [5.74, 6) is -0.556. The summed E-state index contributed by atoms with van der Waals surface area (Å²) in [6.45, 7) is 3.56. The highest BCUT2D eigenvalue weighted by atomic mass is 19.4. The first kappa shape index (κ1) is 17.2. The van der Waals surface area contributed by atoms with Gasteiger partial charge < -0.3 is 16.0 Å². The molecule has 0 aliphatic heterocycles. The third kappa shape index (κ3) is 3.63. The van der Waals surface area contributed by atoms with E-state index in [-0.39, 0.29) is 6.54 Å². The molecule has 0 saturated carbocycles. The van der Waals surface area contributed by atoms with Crippen molar-refractivity contribution in [3.05, 3.63) is 28.2 Å². The van der Waals surface area contributed by atoms with Gasteiger partial charge in [0.1, 0.15) is 5.69 Å². The normalized spacial score (nSPS) is 12.3. The van der Waals surface area contributed by atoms with Crippen molar-refractivity contribution in [1.82, 2.24) is 4.98 Å². The van der Waals surface area contributed by atoms with Crippen LogP contribution < -0.4 is 16.6 Å². The summed E-state index contributed by atoms with van der Waals surface area (Å²) in [4.78, 5) is 25.7. The number of amides is 1. The van der Waals surface area contributed by atoms with Gasteiger partial charge in [-0.2, -0.15) is 13.2 Å². The van der Waals surface area contributed by atoms with Crippen molar-refractivity contribution in [1.29, 1.82) is 0 Å². The highest BCUT2D eigenvalue weighted by molar-refractivity contribution is 5.95. The second-order valence-corrected chi connectivity index (χ2v) is 4.77. The van der Waals surface area contributed by atoms with Gasteiger partial charge in [0, 0.05) is 12.7 Å². The SMILES string of the molecule is CCC(CC)(CN)C(=O)Nc1cc(C(F)(F)F)c[nH]c1=O. The monoisotopic (exact) mass is 305 g/mol. The molecule has 0 bridgehead atoms. The first-order valence-corrected chi connectivity index (χ1v) is 6.51. The van der Waals surface area contributed by atoms with Crippen LogP contribution in [0.5, 0.6) is 0 Å². The van der Waals surface area contributed by atoms with Crippen LogP contribution in [-0.2, 0) is 11.0 Å².